The average molecular weight is 330 g/mol. The minimum absolute atomic E-state index is 0.0421. The first kappa shape index (κ1) is 15.9. The van der Waals surface area contributed by atoms with E-state index in [-0.39, 0.29) is 11.6 Å². The van der Waals surface area contributed by atoms with Crippen LogP contribution >= 0.6 is 0 Å². The molecule has 7 nitrogen and oxygen atoms in total. The Morgan fingerprint density at radius 1 is 1.21 bits per heavy atom. The van der Waals surface area contributed by atoms with Crippen molar-refractivity contribution >= 4 is 11.8 Å². The smallest absolute Gasteiger partial charge is 0.275 e. The van der Waals surface area contributed by atoms with Gasteiger partial charge in [0.2, 0.25) is 5.91 Å². The van der Waals surface area contributed by atoms with Gasteiger partial charge in [0.1, 0.15) is 17.6 Å². The Morgan fingerprint density at radius 3 is 2.62 bits per heavy atom. The van der Waals surface area contributed by atoms with Crippen LogP contribution in [0.25, 0.3) is 5.69 Å². The Balaban J connectivity index is 1.96. The van der Waals surface area contributed by atoms with Gasteiger partial charge in [-0.1, -0.05) is 0 Å². The lowest BCUT2D eigenvalue weighted by Gasteiger charge is -2.32. The monoisotopic (exact) mass is 330 g/mol. The molecule has 0 spiro atoms. The third-order valence-corrected chi connectivity index (χ3v) is 3.85. The highest BCUT2D eigenvalue weighted by Gasteiger charge is 2.30. The Bertz CT molecular complexity index is 847. The quantitative estimate of drug-likeness (QED) is 0.860. The highest BCUT2D eigenvalue weighted by atomic mass is 19.1. The zero-order valence-electron chi connectivity index (χ0n) is 12.9. The van der Waals surface area contributed by atoms with E-state index in [0.717, 1.165) is 4.68 Å². The van der Waals surface area contributed by atoms with E-state index in [1.807, 2.05) is 0 Å². The molecule has 1 aliphatic rings. The Labute approximate surface area is 136 Å². The van der Waals surface area contributed by atoms with Crippen molar-refractivity contribution in [3.8, 4) is 5.69 Å². The molecule has 1 aromatic heterocycles. The highest BCUT2D eigenvalue weighted by molar-refractivity contribution is 5.96. The number of rotatable bonds is 2. The number of aromatic nitrogens is 2. The maximum absolute atomic E-state index is 13.0. The maximum Gasteiger partial charge on any atom is 0.275 e. The molecule has 3 rings (SSSR count). The number of piperazine rings is 1. The molecule has 24 heavy (non-hydrogen) atoms. The maximum atomic E-state index is 13.0. The summed E-state index contributed by atoms with van der Waals surface area (Å²) >= 11 is 0. The van der Waals surface area contributed by atoms with Crippen LogP contribution in [0.4, 0.5) is 4.39 Å². The minimum Gasteiger partial charge on any atom is -0.353 e. The van der Waals surface area contributed by atoms with E-state index in [1.165, 1.54) is 41.3 Å². The molecule has 0 saturated carbocycles. The van der Waals surface area contributed by atoms with E-state index in [4.69, 9.17) is 0 Å². The molecule has 2 heterocycles. The standard InChI is InChI=1S/C16H15FN4O3/c1-10-15(23)18-8-9-20(10)16(24)13-6-7-14(22)21(19-13)12-4-2-11(17)3-5-12/h2-7,10H,8-9H2,1H3,(H,18,23). The molecule has 1 unspecified atom stereocenters. The Hall–Kier alpha value is -3.03. The van der Waals surface area contributed by atoms with Crippen LogP contribution in [0.2, 0.25) is 0 Å². The van der Waals surface area contributed by atoms with Gasteiger partial charge in [-0.15, -0.1) is 0 Å². The molecule has 2 amide bonds. The molecule has 1 aliphatic heterocycles. The molecule has 1 saturated heterocycles. The molecule has 1 atom stereocenters. The normalized spacial score (nSPS) is 17.5. The van der Waals surface area contributed by atoms with Crippen LogP contribution in [0.15, 0.2) is 41.2 Å². The molecule has 2 aromatic rings. The summed E-state index contributed by atoms with van der Waals surface area (Å²) in [6, 6.07) is 7.13. The van der Waals surface area contributed by atoms with Crippen molar-refractivity contribution in [2.24, 2.45) is 0 Å². The minimum atomic E-state index is -0.612. The lowest BCUT2D eigenvalue weighted by Crippen LogP contribution is -2.56. The predicted octanol–water partition coefficient (Wildman–Crippen LogP) is 0.332. The number of nitrogens with zero attached hydrogens (tertiary/aromatic N) is 3. The number of hydrogen-bond donors (Lipinski definition) is 1. The number of carbonyl (C=O) groups is 2. The summed E-state index contributed by atoms with van der Waals surface area (Å²) in [6.45, 7) is 2.36. The van der Waals surface area contributed by atoms with E-state index in [0.29, 0.717) is 18.8 Å². The molecular formula is C16H15FN4O3. The molecule has 8 heteroatoms. The second-order valence-corrected chi connectivity index (χ2v) is 5.41. The SMILES string of the molecule is CC1C(=O)NCCN1C(=O)c1ccc(=O)n(-c2ccc(F)cc2)n1. The molecule has 0 radical (unpaired) electrons. The summed E-state index contributed by atoms with van der Waals surface area (Å²) in [6.07, 6.45) is 0. The predicted molar refractivity (Wildman–Crippen MR) is 83.3 cm³/mol. The van der Waals surface area contributed by atoms with E-state index < -0.39 is 23.3 Å². The number of amides is 2. The first-order valence-corrected chi connectivity index (χ1v) is 7.42. The molecule has 1 aromatic carbocycles. The molecule has 1 fully saturated rings. The summed E-state index contributed by atoms with van der Waals surface area (Å²) in [7, 11) is 0. The lowest BCUT2D eigenvalue weighted by molar-refractivity contribution is -0.127. The summed E-state index contributed by atoms with van der Waals surface area (Å²) < 4.78 is 14.1. The summed E-state index contributed by atoms with van der Waals surface area (Å²) in [5, 5.41) is 6.74. The van der Waals surface area contributed by atoms with Crippen molar-refractivity contribution in [3.63, 3.8) is 0 Å². The molecule has 0 aliphatic carbocycles. The van der Waals surface area contributed by atoms with Crippen LogP contribution < -0.4 is 10.9 Å². The van der Waals surface area contributed by atoms with Crippen LogP contribution in [-0.2, 0) is 4.79 Å². The van der Waals surface area contributed by atoms with Crippen LogP contribution in [0.1, 0.15) is 17.4 Å². The third-order valence-electron chi connectivity index (χ3n) is 3.85. The van der Waals surface area contributed by atoms with Gasteiger partial charge < -0.3 is 10.2 Å². The first-order chi connectivity index (χ1) is 11.5. The van der Waals surface area contributed by atoms with Crippen LogP contribution in [-0.4, -0.2) is 45.6 Å². The van der Waals surface area contributed by atoms with Crippen molar-refractivity contribution in [1.29, 1.82) is 0 Å². The summed E-state index contributed by atoms with van der Waals surface area (Å²) in [4.78, 5) is 37.7. The van der Waals surface area contributed by atoms with Crippen molar-refractivity contribution < 1.29 is 14.0 Å². The van der Waals surface area contributed by atoms with Crippen LogP contribution in [0, 0.1) is 5.82 Å². The number of hydrogen-bond acceptors (Lipinski definition) is 4. The fourth-order valence-corrected chi connectivity index (χ4v) is 2.50. The van der Waals surface area contributed by atoms with Gasteiger partial charge in [-0.05, 0) is 37.3 Å². The number of benzene rings is 1. The summed E-state index contributed by atoms with van der Waals surface area (Å²) in [5.41, 5.74) is -0.0523. The number of carbonyl (C=O) groups excluding carboxylic acids is 2. The van der Waals surface area contributed by atoms with E-state index in [2.05, 4.69) is 10.4 Å². The van der Waals surface area contributed by atoms with Crippen molar-refractivity contribution in [3.05, 3.63) is 58.3 Å². The number of nitrogens with one attached hydrogen (secondary N) is 1. The van der Waals surface area contributed by atoms with Crippen molar-refractivity contribution in [2.75, 3.05) is 13.1 Å². The van der Waals surface area contributed by atoms with Gasteiger partial charge in [-0.25, -0.2) is 4.39 Å². The van der Waals surface area contributed by atoms with E-state index in [9.17, 15) is 18.8 Å². The van der Waals surface area contributed by atoms with Crippen LogP contribution in [0.3, 0.4) is 0 Å². The summed E-state index contributed by atoms with van der Waals surface area (Å²) in [5.74, 6) is -1.11. The van der Waals surface area contributed by atoms with Gasteiger partial charge in [0.25, 0.3) is 11.5 Å². The largest absolute Gasteiger partial charge is 0.353 e. The zero-order valence-corrected chi connectivity index (χ0v) is 12.9. The van der Waals surface area contributed by atoms with Gasteiger partial charge in [-0.2, -0.15) is 9.78 Å². The van der Waals surface area contributed by atoms with E-state index in [1.54, 1.807) is 6.92 Å². The topological polar surface area (TPSA) is 84.3 Å². The molecule has 1 N–H and O–H groups in total. The fourth-order valence-electron chi connectivity index (χ4n) is 2.50. The average Bonchev–Trinajstić information content (AvgIpc) is 2.58. The third kappa shape index (κ3) is 2.90. The van der Waals surface area contributed by atoms with Gasteiger partial charge in [0.05, 0.1) is 5.69 Å². The van der Waals surface area contributed by atoms with Crippen LogP contribution in [0.5, 0.6) is 0 Å². The number of halogens is 1. The second kappa shape index (κ2) is 6.23. The van der Waals surface area contributed by atoms with Crippen molar-refractivity contribution in [1.82, 2.24) is 20.0 Å². The van der Waals surface area contributed by atoms with E-state index >= 15 is 0 Å². The molecular weight excluding hydrogens is 315 g/mol. The Morgan fingerprint density at radius 2 is 1.92 bits per heavy atom. The molecule has 124 valence electrons. The van der Waals surface area contributed by atoms with Gasteiger partial charge in [-0.3, -0.25) is 14.4 Å². The second-order valence-electron chi connectivity index (χ2n) is 5.41. The highest BCUT2D eigenvalue weighted by Crippen LogP contribution is 2.10. The van der Waals surface area contributed by atoms with Gasteiger partial charge in [0.15, 0.2) is 0 Å². The van der Waals surface area contributed by atoms with Crippen molar-refractivity contribution in [2.45, 2.75) is 13.0 Å². The first-order valence-electron chi connectivity index (χ1n) is 7.42. The van der Waals surface area contributed by atoms with Gasteiger partial charge >= 0.3 is 0 Å². The lowest BCUT2D eigenvalue weighted by atomic mass is 10.2. The van der Waals surface area contributed by atoms with Gasteiger partial charge in [0, 0.05) is 19.2 Å². The fraction of sp³-hybridized carbons (Fsp3) is 0.250. The zero-order chi connectivity index (χ0) is 17.3. The Kier molecular flexibility index (Phi) is 4.11. The molecule has 0 bridgehead atoms.